The maximum Gasteiger partial charge on any atom is 0.242 e. The van der Waals surface area contributed by atoms with E-state index in [1.165, 1.54) is 17.0 Å². The number of hydrogen-bond acceptors (Lipinski definition) is 2. The van der Waals surface area contributed by atoms with Crippen LogP contribution in [-0.4, -0.2) is 24.4 Å². The van der Waals surface area contributed by atoms with E-state index in [1.54, 1.807) is 7.05 Å². The second kappa shape index (κ2) is 4.96. The van der Waals surface area contributed by atoms with Crippen LogP contribution in [0.5, 0.6) is 0 Å². The van der Waals surface area contributed by atoms with E-state index in [2.05, 4.69) is 0 Å². The highest BCUT2D eigenvalue weighted by molar-refractivity contribution is 5.88. The smallest absolute Gasteiger partial charge is 0.242 e. The first-order valence-corrected chi connectivity index (χ1v) is 6.09. The maximum atomic E-state index is 13.4. The third-order valence-electron chi connectivity index (χ3n) is 3.45. The Morgan fingerprint density at radius 2 is 2.16 bits per heavy atom. The molecule has 1 aromatic carbocycles. The van der Waals surface area contributed by atoms with Crippen LogP contribution >= 0.6 is 0 Å². The average Bonchev–Trinajstić information content (AvgIpc) is 3.17. The minimum absolute atomic E-state index is 0.211. The van der Waals surface area contributed by atoms with E-state index in [-0.39, 0.29) is 5.91 Å². The molecule has 1 amide bonds. The fraction of sp³-hybridized carbons (Fsp3) is 0.429. The van der Waals surface area contributed by atoms with Gasteiger partial charge in [0.15, 0.2) is 0 Å². The first kappa shape index (κ1) is 13.5. The average molecular weight is 264 g/mol. The van der Waals surface area contributed by atoms with Gasteiger partial charge in [-0.25, -0.2) is 8.78 Å². The van der Waals surface area contributed by atoms with Gasteiger partial charge in [0.2, 0.25) is 5.91 Å². The summed E-state index contributed by atoms with van der Waals surface area (Å²) in [5, 5.41) is 8.94. The molecule has 1 saturated carbocycles. The van der Waals surface area contributed by atoms with Crippen LogP contribution in [0.4, 0.5) is 8.78 Å². The molecule has 3 nitrogen and oxygen atoms in total. The SMILES string of the molecule is CN(CCc1ccc(F)cc1F)C(=O)C1(C#N)CC1. The quantitative estimate of drug-likeness (QED) is 0.837. The molecule has 2 rings (SSSR count). The fourth-order valence-corrected chi connectivity index (χ4v) is 1.98. The number of carbonyl (C=O) groups is 1. The fourth-order valence-electron chi connectivity index (χ4n) is 1.98. The lowest BCUT2D eigenvalue weighted by molar-refractivity contribution is -0.133. The van der Waals surface area contributed by atoms with Crippen LogP contribution < -0.4 is 0 Å². The van der Waals surface area contributed by atoms with E-state index in [0.29, 0.717) is 31.4 Å². The maximum absolute atomic E-state index is 13.4. The summed E-state index contributed by atoms with van der Waals surface area (Å²) < 4.78 is 26.2. The minimum atomic E-state index is -0.851. The van der Waals surface area contributed by atoms with Gasteiger partial charge in [0.1, 0.15) is 17.0 Å². The molecule has 0 aliphatic heterocycles. The highest BCUT2D eigenvalue weighted by Gasteiger charge is 2.51. The molecule has 0 radical (unpaired) electrons. The Labute approximate surface area is 110 Å². The third-order valence-corrected chi connectivity index (χ3v) is 3.45. The molecule has 0 bridgehead atoms. The number of nitriles is 1. The first-order valence-electron chi connectivity index (χ1n) is 6.09. The molecule has 0 N–H and O–H groups in total. The van der Waals surface area contributed by atoms with Crippen molar-refractivity contribution in [2.75, 3.05) is 13.6 Å². The Hall–Kier alpha value is -1.96. The molecule has 0 unspecified atom stereocenters. The largest absolute Gasteiger partial charge is 0.344 e. The summed E-state index contributed by atoms with van der Waals surface area (Å²) in [5.41, 5.74) is -0.487. The summed E-state index contributed by atoms with van der Waals surface area (Å²) in [6.45, 7) is 0.310. The number of carbonyl (C=O) groups excluding carboxylic acids is 1. The summed E-state index contributed by atoms with van der Waals surface area (Å²) in [5.74, 6) is -1.44. The summed E-state index contributed by atoms with van der Waals surface area (Å²) >= 11 is 0. The number of likely N-dealkylation sites (N-methyl/N-ethyl adjacent to an activating group) is 1. The molecular formula is C14H14F2N2O. The molecule has 0 heterocycles. The predicted octanol–water partition coefficient (Wildman–Crippen LogP) is 2.27. The van der Waals surface area contributed by atoms with Crippen molar-refractivity contribution in [3.63, 3.8) is 0 Å². The van der Waals surface area contributed by atoms with Gasteiger partial charge < -0.3 is 4.90 Å². The van der Waals surface area contributed by atoms with Crippen molar-refractivity contribution in [2.24, 2.45) is 5.41 Å². The van der Waals surface area contributed by atoms with Gasteiger partial charge in [-0.05, 0) is 30.9 Å². The molecular weight excluding hydrogens is 250 g/mol. The highest BCUT2D eigenvalue weighted by Crippen LogP contribution is 2.46. The lowest BCUT2D eigenvalue weighted by Crippen LogP contribution is -2.35. The van der Waals surface area contributed by atoms with Crippen LogP contribution in [0, 0.1) is 28.4 Å². The topological polar surface area (TPSA) is 44.1 Å². The van der Waals surface area contributed by atoms with E-state index in [9.17, 15) is 13.6 Å². The molecule has 0 saturated heterocycles. The second-order valence-electron chi connectivity index (χ2n) is 4.91. The van der Waals surface area contributed by atoms with E-state index >= 15 is 0 Å². The van der Waals surface area contributed by atoms with Crippen LogP contribution in [0.2, 0.25) is 0 Å². The molecule has 1 aliphatic carbocycles. The first-order chi connectivity index (χ1) is 8.98. The lowest BCUT2D eigenvalue weighted by atomic mass is 10.1. The monoisotopic (exact) mass is 264 g/mol. The van der Waals surface area contributed by atoms with Crippen molar-refractivity contribution in [1.82, 2.24) is 4.90 Å². The number of halogens is 2. The van der Waals surface area contributed by atoms with E-state index in [1.807, 2.05) is 6.07 Å². The van der Waals surface area contributed by atoms with Gasteiger partial charge in [-0.1, -0.05) is 6.07 Å². The molecule has 0 aromatic heterocycles. The van der Waals surface area contributed by atoms with Crippen LogP contribution in [0.1, 0.15) is 18.4 Å². The normalized spacial score (nSPS) is 15.7. The number of benzene rings is 1. The molecule has 5 heteroatoms. The number of amides is 1. The molecule has 0 atom stereocenters. The highest BCUT2D eigenvalue weighted by atomic mass is 19.1. The van der Waals surface area contributed by atoms with Crippen LogP contribution in [-0.2, 0) is 11.2 Å². The predicted molar refractivity (Wildman–Crippen MR) is 65.0 cm³/mol. The molecule has 19 heavy (non-hydrogen) atoms. The van der Waals surface area contributed by atoms with E-state index in [4.69, 9.17) is 5.26 Å². The Morgan fingerprint density at radius 3 is 2.68 bits per heavy atom. The van der Waals surface area contributed by atoms with Crippen molar-refractivity contribution < 1.29 is 13.6 Å². The molecule has 1 aromatic rings. The van der Waals surface area contributed by atoms with Gasteiger partial charge in [-0.3, -0.25) is 4.79 Å². The standard InChI is InChI=1S/C14H14F2N2O/c1-18(13(19)14(9-17)5-6-14)7-4-10-2-3-11(15)8-12(10)16/h2-3,8H,4-7H2,1H3. The van der Waals surface area contributed by atoms with Crippen molar-refractivity contribution in [3.8, 4) is 6.07 Å². The summed E-state index contributed by atoms with van der Waals surface area (Å²) in [4.78, 5) is 13.4. The van der Waals surface area contributed by atoms with Crippen LogP contribution in [0.15, 0.2) is 18.2 Å². The number of hydrogen-bond donors (Lipinski definition) is 0. The Balaban J connectivity index is 1.95. The third kappa shape index (κ3) is 2.73. The van der Waals surface area contributed by atoms with Crippen LogP contribution in [0.3, 0.4) is 0 Å². The zero-order valence-electron chi connectivity index (χ0n) is 10.6. The zero-order valence-corrected chi connectivity index (χ0v) is 10.6. The summed E-state index contributed by atoms with van der Waals surface area (Å²) in [6.07, 6.45) is 1.49. The van der Waals surface area contributed by atoms with Crippen molar-refractivity contribution >= 4 is 5.91 Å². The van der Waals surface area contributed by atoms with Gasteiger partial charge in [0, 0.05) is 19.7 Å². The van der Waals surface area contributed by atoms with Gasteiger partial charge in [0.25, 0.3) is 0 Å². The zero-order chi connectivity index (χ0) is 14.0. The van der Waals surface area contributed by atoms with Gasteiger partial charge in [-0.15, -0.1) is 0 Å². The lowest BCUT2D eigenvalue weighted by Gasteiger charge is -2.19. The number of rotatable bonds is 4. The van der Waals surface area contributed by atoms with Gasteiger partial charge >= 0.3 is 0 Å². The summed E-state index contributed by atoms with van der Waals surface area (Å²) in [6, 6.07) is 5.43. The second-order valence-corrected chi connectivity index (χ2v) is 4.91. The van der Waals surface area contributed by atoms with Crippen molar-refractivity contribution in [3.05, 3.63) is 35.4 Å². The molecule has 1 aliphatic rings. The van der Waals surface area contributed by atoms with Gasteiger partial charge in [-0.2, -0.15) is 5.26 Å². The van der Waals surface area contributed by atoms with E-state index in [0.717, 1.165) is 6.07 Å². The van der Waals surface area contributed by atoms with Gasteiger partial charge in [0.05, 0.1) is 6.07 Å². The molecule has 100 valence electrons. The molecule has 0 spiro atoms. The number of nitrogens with zero attached hydrogens (tertiary/aromatic N) is 2. The van der Waals surface area contributed by atoms with Crippen LogP contribution in [0.25, 0.3) is 0 Å². The Kier molecular flexibility index (Phi) is 3.52. The van der Waals surface area contributed by atoms with Crippen molar-refractivity contribution in [1.29, 1.82) is 5.26 Å². The van der Waals surface area contributed by atoms with E-state index < -0.39 is 17.0 Å². The Bertz CT molecular complexity index is 547. The molecule has 1 fully saturated rings. The van der Waals surface area contributed by atoms with Crippen molar-refractivity contribution in [2.45, 2.75) is 19.3 Å². The minimum Gasteiger partial charge on any atom is -0.344 e. The summed E-state index contributed by atoms with van der Waals surface area (Å²) in [7, 11) is 1.60. The Morgan fingerprint density at radius 1 is 1.47 bits per heavy atom.